The summed E-state index contributed by atoms with van der Waals surface area (Å²) >= 11 is 1.22. The molecule has 0 amide bonds. The van der Waals surface area contributed by atoms with E-state index in [-0.39, 0.29) is 17.1 Å². The van der Waals surface area contributed by atoms with Gasteiger partial charge in [-0.25, -0.2) is 4.98 Å². The third-order valence-electron chi connectivity index (χ3n) is 4.18. The van der Waals surface area contributed by atoms with Crippen molar-refractivity contribution in [1.29, 1.82) is 0 Å². The number of para-hydroxylation sites is 1. The van der Waals surface area contributed by atoms with Gasteiger partial charge in [-0.05, 0) is 24.3 Å². The maximum atomic E-state index is 12.8. The average Bonchev–Trinajstić information content (AvgIpc) is 2.73. The first kappa shape index (κ1) is 19.7. The molecule has 0 atom stereocenters. The number of fused-ring (bicyclic) bond motifs is 1. The van der Waals surface area contributed by atoms with Crippen LogP contribution < -0.4 is 15.0 Å². The Morgan fingerprint density at radius 3 is 2.71 bits per heavy atom. The molecule has 0 saturated carbocycles. The summed E-state index contributed by atoms with van der Waals surface area (Å²) in [6.45, 7) is 4.03. The monoisotopic (exact) mass is 396 g/mol. The van der Waals surface area contributed by atoms with Crippen molar-refractivity contribution in [3.05, 3.63) is 71.0 Å². The Morgan fingerprint density at radius 2 is 2.00 bits per heavy atom. The molecule has 0 bridgehead atoms. The molecule has 28 heavy (non-hydrogen) atoms. The first-order chi connectivity index (χ1) is 13.6. The standard InChI is InChI=1S/C21H20N2O4S/c1-4-11-23-20(25)15-7-5-6-8-17(15)22-21(23)28-13-18(24)16-10-9-14(26-2)12-19(16)27-3/h4-10,12H,1,11,13H2,2-3H3. The van der Waals surface area contributed by atoms with Gasteiger partial charge in [0.1, 0.15) is 11.5 Å². The van der Waals surface area contributed by atoms with Crippen LogP contribution in [0.4, 0.5) is 0 Å². The lowest BCUT2D eigenvalue weighted by Crippen LogP contribution is -2.23. The fourth-order valence-electron chi connectivity index (χ4n) is 2.78. The van der Waals surface area contributed by atoms with Crippen molar-refractivity contribution in [2.45, 2.75) is 11.7 Å². The number of methoxy groups -OCH3 is 2. The van der Waals surface area contributed by atoms with Crippen molar-refractivity contribution >= 4 is 28.4 Å². The van der Waals surface area contributed by atoms with Crippen LogP contribution in [0, 0.1) is 0 Å². The van der Waals surface area contributed by atoms with Gasteiger partial charge in [0.2, 0.25) is 0 Å². The zero-order valence-corrected chi connectivity index (χ0v) is 16.5. The van der Waals surface area contributed by atoms with Gasteiger partial charge in [0, 0.05) is 12.6 Å². The summed E-state index contributed by atoms with van der Waals surface area (Å²) in [5.41, 5.74) is 0.904. The second-order valence-corrected chi connectivity index (χ2v) is 6.84. The second kappa shape index (κ2) is 8.75. The SMILES string of the molecule is C=CCn1c(SCC(=O)c2ccc(OC)cc2OC)nc2ccccc2c1=O. The average molecular weight is 396 g/mol. The molecular weight excluding hydrogens is 376 g/mol. The molecule has 0 spiro atoms. The van der Waals surface area contributed by atoms with Crippen LogP contribution in [0.15, 0.2) is 65.1 Å². The summed E-state index contributed by atoms with van der Waals surface area (Å²) in [6.07, 6.45) is 1.64. The molecule has 1 heterocycles. The molecule has 3 aromatic rings. The van der Waals surface area contributed by atoms with Crippen LogP contribution >= 0.6 is 11.8 Å². The summed E-state index contributed by atoms with van der Waals surface area (Å²) < 4.78 is 12.0. The van der Waals surface area contributed by atoms with E-state index in [2.05, 4.69) is 11.6 Å². The maximum Gasteiger partial charge on any atom is 0.262 e. The zero-order valence-electron chi connectivity index (χ0n) is 15.7. The van der Waals surface area contributed by atoms with E-state index in [0.29, 0.717) is 39.7 Å². The van der Waals surface area contributed by atoms with Gasteiger partial charge >= 0.3 is 0 Å². The van der Waals surface area contributed by atoms with Crippen molar-refractivity contribution in [2.75, 3.05) is 20.0 Å². The Kier molecular flexibility index (Phi) is 6.16. The van der Waals surface area contributed by atoms with Crippen LogP contribution in [0.3, 0.4) is 0 Å². The minimum absolute atomic E-state index is 0.116. The summed E-state index contributed by atoms with van der Waals surface area (Å²) in [6, 6.07) is 12.2. The Bertz CT molecular complexity index is 1090. The number of ketones is 1. The number of benzene rings is 2. The van der Waals surface area contributed by atoms with Crippen LogP contribution in [0.25, 0.3) is 10.9 Å². The number of aromatic nitrogens is 2. The minimum atomic E-state index is -0.150. The number of rotatable bonds is 8. The predicted octanol–water partition coefficient (Wildman–Crippen LogP) is 3.57. The Balaban J connectivity index is 1.91. The van der Waals surface area contributed by atoms with E-state index < -0.39 is 0 Å². The molecule has 0 N–H and O–H groups in total. The highest BCUT2D eigenvalue weighted by Gasteiger charge is 2.16. The van der Waals surface area contributed by atoms with E-state index in [1.165, 1.54) is 23.4 Å². The topological polar surface area (TPSA) is 70.4 Å². The van der Waals surface area contributed by atoms with E-state index >= 15 is 0 Å². The lowest BCUT2D eigenvalue weighted by molar-refractivity contribution is 0.101. The fourth-order valence-corrected chi connectivity index (χ4v) is 3.68. The highest BCUT2D eigenvalue weighted by Crippen LogP contribution is 2.27. The van der Waals surface area contributed by atoms with Gasteiger partial charge in [-0.3, -0.25) is 14.2 Å². The normalized spacial score (nSPS) is 10.6. The lowest BCUT2D eigenvalue weighted by atomic mass is 10.1. The summed E-state index contributed by atoms with van der Waals surface area (Å²) in [7, 11) is 3.06. The highest BCUT2D eigenvalue weighted by molar-refractivity contribution is 7.99. The summed E-state index contributed by atoms with van der Waals surface area (Å²) in [5, 5.41) is 1.02. The number of hydrogen-bond acceptors (Lipinski definition) is 6. The Morgan fingerprint density at radius 1 is 1.21 bits per heavy atom. The number of carbonyl (C=O) groups excluding carboxylic acids is 1. The summed E-state index contributed by atoms with van der Waals surface area (Å²) in [5.74, 6) is 1.04. The number of hydrogen-bond donors (Lipinski definition) is 0. The fraction of sp³-hybridized carbons (Fsp3) is 0.190. The predicted molar refractivity (Wildman–Crippen MR) is 111 cm³/mol. The number of thioether (sulfide) groups is 1. The molecular formula is C21H20N2O4S. The molecule has 0 unspecified atom stereocenters. The van der Waals surface area contributed by atoms with Gasteiger partial charge in [0.05, 0.1) is 36.4 Å². The third-order valence-corrected chi connectivity index (χ3v) is 5.16. The maximum absolute atomic E-state index is 12.8. The van der Waals surface area contributed by atoms with E-state index in [1.807, 2.05) is 6.07 Å². The minimum Gasteiger partial charge on any atom is -0.497 e. The Hall–Kier alpha value is -3.06. The van der Waals surface area contributed by atoms with Gasteiger partial charge < -0.3 is 9.47 Å². The quantitative estimate of drug-likeness (QED) is 0.251. The van der Waals surface area contributed by atoms with Gasteiger partial charge in [-0.2, -0.15) is 0 Å². The van der Waals surface area contributed by atoms with Crippen LogP contribution in [0.2, 0.25) is 0 Å². The molecule has 0 fully saturated rings. The van der Waals surface area contributed by atoms with Gasteiger partial charge in [0.15, 0.2) is 10.9 Å². The lowest BCUT2D eigenvalue weighted by Gasteiger charge is -2.12. The number of Topliss-reactive ketones (excluding diaryl/α,β-unsaturated/α-hetero) is 1. The number of allylic oxidation sites excluding steroid dienone is 1. The van der Waals surface area contributed by atoms with E-state index in [4.69, 9.17) is 9.47 Å². The molecule has 0 aliphatic heterocycles. The largest absolute Gasteiger partial charge is 0.497 e. The summed E-state index contributed by atoms with van der Waals surface area (Å²) in [4.78, 5) is 30.1. The van der Waals surface area contributed by atoms with Crippen molar-refractivity contribution in [3.63, 3.8) is 0 Å². The molecule has 1 aromatic heterocycles. The molecule has 0 radical (unpaired) electrons. The van der Waals surface area contributed by atoms with Crippen molar-refractivity contribution < 1.29 is 14.3 Å². The van der Waals surface area contributed by atoms with Crippen LogP contribution in [0.5, 0.6) is 11.5 Å². The molecule has 7 heteroatoms. The molecule has 144 valence electrons. The van der Waals surface area contributed by atoms with Gasteiger partial charge in [0.25, 0.3) is 5.56 Å². The molecule has 6 nitrogen and oxygen atoms in total. The third kappa shape index (κ3) is 3.94. The van der Waals surface area contributed by atoms with Crippen molar-refractivity contribution in [2.24, 2.45) is 0 Å². The number of nitrogens with zero attached hydrogens (tertiary/aromatic N) is 2. The smallest absolute Gasteiger partial charge is 0.262 e. The molecule has 3 rings (SSSR count). The zero-order chi connectivity index (χ0) is 20.1. The van der Waals surface area contributed by atoms with Crippen molar-refractivity contribution in [1.82, 2.24) is 9.55 Å². The number of ether oxygens (including phenoxy) is 2. The Labute approximate surface area is 166 Å². The van der Waals surface area contributed by atoms with Gasteiger partial charge in [-0.1, -0.05) is 30.0 Å². The second-order valence-electron chi connectivity index (χ2n) is 5.89. The van der Waals surface area contributed by atoms with Crippen LogP contribution in [0.1, 0.15) is 10.4 Å². The number of carbonyl (C=O) groups is 1. The van der Waals surface area contributed by atoms with Crippen molar-refractivity contribution in [3.8, 4) is 11.5 Å². The van der Waals surface area contributed by atoms with Crippen LogP contribution in [-0.2, 0) is 6.54 Å². The molecule has 0 saturated heterocycles. The first-order valence-corrected chi connectivity index (χ1v) is 9.56. The highest BCUT2D eigenvalue weighted by atomic mass is 32.2. The van der Waals surface area contributed by atoms with Crippen LogP contribution in [-0.4, -0.2) is 35.3 Å². The molecule has 0 aliphatic rings. The van der Waals surface area contributed by atoms with E-state index in [9.17, 15) is 9.59 Å². The molecule has 2 aromatic carbocycles. The van der Waals surface area contributed by atoms with E-state index in [1.54, 1.807) is 49.6 Å². The van der Waals surface area contributed by atoms with Gasteiger partial charge in [-0.15, -0.1) is 6.58 Å². The molecule has 0 aliphatic carbocycles. The van der Waals surface area contributed by atoms with E-state index in [0.717, 1.165) is 0 Å². The first-order valence-electron chi connectivity index (χ1n) is 8.57.